The third-order valence-corrected chi connectivity index (χ3v) is 7.18. The van der Waals surface area contributed by atoms with Crippen molar-refractivity contribution in [3.63, 3.8) is 0 Å². The van der Waals surface area contributed by atoms with Gasteiger partial charge < -0.3 is 10.1 Å². The third-order valence-electron chi connectivity index (χ3n) is 4.36. The van der Waals surface area contributed by atoms with Crippen molar-refractivity contribution in [3.8, 4) is 0 Å². The quantitative estimate of drug-likeness (QED) is 0.454. The van der Waals surface area contributed by atoms with Crippen LogP contribution in [-0.2, 0) is 19.6 Å². The van der Waals surface area contributed by atoms with E-state index in [0.29, 0.717) is 31.3 Å². The Hall–Kier alpha value is -1.16. The number of carbonyl (C=O) groups is 1. The van der Waals surface area contributed by atoms with Crippen LogP contribution in [0.15, 0.2) is 28.3 Å². The van der Waals surface area contributed by atoms with E-state index in [9.17, 15) is 13.2 Å². The number of hydrogen-bond acceptors (Lipinski definition) is 6. The SMILES string of the molecule is CC(C)OCCCNC(=O)CSc1ccc(S(=O)(=O)N2CCCCCC2)cn1. The van der Waals surface area contributed by atoms with E-state index in [4.69, 9.17) is 4.74 Å². The maximum absolute atomic E-state index is 12.7. The van der Waals surface area contributed by atoms with Crippen molar-refractivity contribution < 1.29 is 17.9 Å². The van der Waals surface area contributed by atoms with Gasteiger partial charge in [0, 0.05) is 32.4 Å². The molecule has 0 radical (unpaired) electrons. The first-order valence-electron chi connectivity index (χ1n) is 9.87. The molecule has 0 aliphatic carbocycles. The van der Waals surface area contributed by atoms with Crippen molar-refractivity contribution in [2.24, 2.45) is 0 Å². The molecule has 1 saturated heterocycles. The number of thioether (sulfide) groups is 1. The molecule has 0 spiro atoms. The van der Waals surface area contributed by atoms with E-state index in [1.54, 1.807) is 16.4 Å². The second kappa shape index (κ2) is 11.7. The Labute approximate surface area is 172 Å². The summed E-state index contributed by atoms with van der Waals surface area (Å²) in [6.07, 6.45) is 6.32. The van der Waals surface area contributed by atoms with Crippen LogP contribution in [0.3, 0.4) is 0 Å². The number of rotatable bonds is 10. The Morgan fingerprint density at radius 3 is 2.57 bits per heavy atom. The molecule has 2 heterocycles. The van der Waals surface area contributed by atoms with Crippen molar-refractivity contribution in [3.05, 3.63) is 18.3 Å². The highest BCUT2D eigenvalue weighted by Crippen LogP contribution is 2.22. The lowest BCUT2D eigenvalue weighted by Gasteiger charge is -2.19. The van der Waals surface area contributed by atoms with E-state index in [1.165, 1.54) is 18.0 Å². The Morgan fingerprint density at radius 2 is 1.96 bits per heavy atom. The van der Waals surface area contributed by atoms with E-state index >= 15 is 0 Å². The lowest BCUT2D eigenvalue weighted by Crippen LogP contribution is -2.32. The molecule has 1 N–H and O–H groups in total. The van der Waals surface area contributed by atoms with Gasteiger partial charge in [-0.25, -0.2) is 13.4 Å². The topological polar surface area (TPSA) is 88.6 Å². The van der Waals surface area contributed by atoms with E-state index in [2.05, 4.69) is 10.3 Å². The van der Waals surface area contributed by atoms with Gasteiger partial charge in [0.2, 0.25) is 15.9 Å². The van der Waals surface area contributed by atoms with Crippen LogP contribution in [0.1, 0.15) is 46.0 Å². The second-order valence-electron chi connectivity index (χ2n) is 7.06. The molecule has 1 fully saturated rings. The van der Waals surface area contributed by atoms with Gasteiger partial charge in [-0.1, -0.05) is 24.6 Å². The van der Waals surface area contributed by atoms with Crippen molar-refractivity contribution in [1.82, 2.24) is 14.6 Å². The van der Waals surface area contributed by atoms with Crippen molar-refractivity contribution in [2.75, 3.05) is 32.0 Å². The van der Waals surface area contributed by atoms with Crippen molar-refractivity contribution >= 4 is 27.7 Å². The highest BCUT2D eigenvalue weighted by atomic mass is 32.2. The number of amides is 1. The second-order valence-corrected chi connectivity index (χ2v) is 10.00. The van der Waals surface area contributed by atoms with Gasteiger partial charge in [0.05, 0.1) is 16.9 Å². The van der Waals surface area contributed by atoms with Gasteiger partial charge in [-0.05, 0) is 45.2 Å². The molecule has 9 heteroatoms. The highest BCUT2D eigenvalue weighted by molar-refractivity contribution is 7.99. The first kappa shape index (κ1) is 23.1. The molecule has 1 aliphatic heterocycles. The normalized spacial score (nSPS) is 16.1. The summed E-state index contributed by atoms with van der Waals surface area (Å²) in [5.41, 5.74) is 0. The van der Waals surface area contributed by atoms with Crippen LogP contribution >= 0.6 is 11.8 Å². The summed E-state index contributed by atoms with van der Waals surface area (Å²) >= 11 is 1.29. The predicted molar refractivity (Wildman–Crippen MR) is 111 cm³/mol. The van der Waals surface area contributed by atoms with Gasteiger partial charge in [0.25, 0.3) is 0 Å². The third kappa shape index (κ3) is 7.69. The molecule has 0 bridgehead atoms. The monoisotopic (exact) mass is 429 g/mol. The molecule has 7 nitrogen and oxygen atoms in total. The summed E-state index contributed by atoms with van der Waals surface area (Å²) in [6, 6.07) is 3.25. The van der Waals surface area contributed by atoms with Gasteiger partial charge >= 0.3 is 0 Å². The fourth-order valence-electron chi connectivity index (χ4n) is 2.85. The van der Waals surface area contributed by atoms with Gasteiger partial charge in [-0.15, -0.1) is 0 Å². The van der Waals surface area contributed by atoms with Crippen LogP contribution in [-0.4, -0.2) is 61.7 Å². The number of aromatic nitrogens is 1. The first-order valence-corrected chi connectivity index (χ1v) is 12.3. The first-order chi connectivity index (χ1) is 13.4. The number of pyridine rings is 1. The van der Waals surface area contributed by atoms with Crippen LogP contribution < -0.4 is 5.32 Å². The molecular weight excluding hydrogens is 398 g/mol. The lowest BCUT2D eigenvalue weighted by molar-refractivity contribution is -0.118. The Balaban J connectivity index is 1.78. The van der Waals surface area contributed by atoms with Gasteiger partial charge in [-0.3, -0.25) is 4.79 Å². The zero-order chi connectivity index (χ0) is 20.4. The van der Waals surface area contributed by atoms with Crippen LogP contribution in [0.2, 0.25) is 0 Å². The number of nitrogens with zero attached hydrogens (tertiary/aromatic N) is 2. The molecule has 0 saturated carbocycles. The zero-order valence-electron chi connectivity index (χ0n) is 16.7. The highest BCUT2D eigenvalue weighted by Gasteiger charge is 2.25. The van der Waals surface area contributed by atoms with Crippen molar-refractivity contribution in [1.29, 1.82) is 0 Å². The summed E-state index contributed by atoms with van der Waals surface area (Å²) in [5, 5.41) is 3.47. The average Bonchev–Trinajstić information content (AvgIpc) is 2.96. The molecule has 28 heavy (non-hydrogen) atoms. The summed E-state index contributed by atoms with van der Waals surface area (Å²) in [7, 11) is -3.49. The van der Waals surface area contributed by atoms with Gasteiger partial charge in [0.1, 0.15) is 4.90 Å². The Kier molecular flexibility index (Phi) is 9.70. The molecule has 1 aromatic heterocycles. The molecule has 1 aromatic rings. The van der Waals surface area contributed by atoms with E-state index in [0.717, 1.165) is 32.1 Å². The zero-order valence-corrected chi connectivity index (χ0v) is 18.4. The summed E-state index contributed by atoms with van der Waals surface area (Å²) in [6.45, 7) is 6.30. The smallest absolute Gasteiger partial charge is 0.244 e. The molecule has 2 rings (SSSR count). The molecule has 0 atom stereocenters. The number of carbonyl (C=O) groups excluding carboxylic acids is 1. The number of hydrogen-bond donors (Lipinski definition) is 1. The summed E-state index contributed by atoms with van der Waals surface area (Å²) in [5.74, 6) is 0.175. The fourth-order valence-corrected chi connectivity index (χ4v) is 4.98. The summed E-state index contributed by atoms with van der Waals surface area (Å²) in [4.78, 5) is 16.3. The minimum atomic E-state index is -3.49. The number of ether oxygens (including phenoxy) is 1. The molecule has 158 valence electrons. The van der Waals surface area contributed by atoms with Crippen molar-refractivity contribution in [2.45, 2.75) is 62.0 Å². The molecule has 1 aliphatic rings. The van der Waals surface area contributed by atoms with E-state index in [-0.39, 0.29) is 22.7 Å². The molecular formula is C19H31N3O4S2. The largest absolute Gasteiger partial charge is 0.379 e. The number of sulfonamides is 1. The van der Waals surface area contributed by atoms with Crippen LogP contribution in [0.5, 0.6) is 0 Å². The van der Waals surface area contributed by atoms with Gasteiger partial charge in [0.15, 0.2) is 0 Å². The predicted octanol–water partition coefficient (Wildman–Crippen LogP) is 2.67. The Morgan fingerprint density at radius 1 is 1.25 bits per heavy atom. The van der Waals surface area contributed by atoms with Crippen LogP contribution in [0, 0.1) is 0 Å². The summed E-state index contributed by atoms with van der Waals surface area (Å²) < 4.78 is 32.5. The number of nitrogens with one attached hydrogen (secondary N) is 1. The van der Waals surface area contributed by atoms with Crippen LogP contribution in [0.25, 0.3) is 0 Å². The maximum atomic E-state index is 12.7. The fraction of sp³-hybridized carbons (Fsp3) is 0.684. The maximum Gasteiger partial charge on any atom is 0.244 e. The minimum Gasteiger partial charge on any atom is -0.379 e. The minimum absolute atomic E-state index is 0.0717. The van der Waals surface area contributed by atoms with E-state index < -0.39 is 10.0 Å². The van der Waals surface area contributed by atoms with Gasteiger partial charge in [-0.2, -0.15) is 4.31 Å². The molecule has 0 aromatic carbocycles. The van der Waals surface area contributed by atoms with E-state index in [1.807, 2.05) is 13.8 Å². The molecule has 1 amide bonds. The van der Waals surface area contributed by atoms with Crippen LogP contribution in [0.4, 0.5) is 0 Å². The average molecular weight is 430 g/mol. The standard InChI is InChI=1S/C19H31N3O4S2/c1-16(2)26-13-7-10-20-18(23)15-27-19-9-8-17(14-21-19)28(24,25)22-11-5-3-4-6-12-22/h8-9,14,16H,3-7,10-13,15H2,1-2H3,(H,20,23). The lowest BCUT2D eigenvalue weighted by atomic mass is 10.2. The molecule has 0 unspecified atom stereocenters. The Bertz CT molecular complexity index is 700.